The number of rotatable bonds is 4. The predicted octanol–water partition coefficient (Wildman–Crippen LogP) is 2.20. The highest BCUT2D eigenvalue weighted by molar-refractivity contribution is 7.74. The number of carbonyl (C=O) groups excluding carboxylic acids is 1. The van der Waals surface area contributed by atoms with Crippen molar-refractivity contribution in [2.24, 2.45) is 0 Å². The summed E-state index contributed by atoms with van der Waals surface area (Å²) in [6.07, 6.45) is 2.66. The average molecular weight is 409 g/mol. The number of benzene rings is 1. The molecule has 0 atom stereocenters. The number of nitrogens with one attached hydrogen (secondary N) is 1. The lowest BCUT2D eigenvalue weighted by molar-refractivity contribution is 0.0921. The van der Waals surface area contributed by atoms with Crippen molar-refractivity contribution in [3.8, 4) is 0 Å². The maximum atomic E-state index is 14.1. The molecule has 1 amide bonds. The van der Waals surface area contributed by atoms with E-state index in [1.54, 1.807) is 20.8 Å². The normalized spacial score (nSPS) is 11.8. The minimum Gasteiger partial charge on any atom is -0.347 e. The van der Waals surface area contributed by atoms with Crippen molar-refractivity contribution in [1.29, 1.82) is 0 Å². The fraction of sp³-hybridized carbons (Fsp3) is 0.235. The molecule has 0 radical (unpaired) electrons. The quantitative estimate of drug-likeness (QED) is 0.644. The average Bonchev–Trinajstić information content (AvgIpc) is 3.00. The SMILES string of the molecule is CC(C)(C)NC(=O)c1cnn2ccc(N(c3cc(F)ccc3F)[SH](=O)=O)nc12. The van der Waals surface area contributed by atoms with E-state index in [1.807, 2.05) is 0 Å². The second-order valence-electron chi connectivity index (χ2n) is 6.96. The van der Waals surface area contributed by atoms with E-state index >= 15 is 0 Å². The van der Waals surface area contributed by atoms with Crippen LogP contribution in [0.2, 0.25) is 0 Å². The van der Waals surface area contributed by atoms with Crippen LogP contribution in [0.1, 0.15) is 31.1 Å². The van der Waals surface area contributed by atoms with Crippen molar-refractivity contribution in [2.75, 3.05) is 4.31 Å². The fourth-order valence-electron chi connectivity index (χ4n) is 2.49. The van der Waals surface area contributed by atoms with E-state index in [-0.39, 0.29) is 17.0 Å². The second kappa shape index (κ2) is 7.15. The number of hydrogen-bond acceptors (Lipinski definition) is 5. The molecule has 28 heavy (non-hydrogen) atoms. The zero-order valence-corrected chi connectivity index (χ0v) is 16.1. The third kappa shape index (κ3) is 3.93. The lowest BCUT2D eigenvalue weighted by atomic mass is 10.1. The summed E-state index contributed by atoms with van der Waals surface area (Å²) in [5, 5.41) is 6.77. The van der Waals surface area contributed by atoms with Gasteiger partial charge in [0.15, 0.2) is 11.5 Å². The molecular formula is C17H17F2N5O3S. The van der Waals surface area contributed by atoms with E-state index in [9.17, 15) is 22.0 Å². The molecule has 0 saturated heterocycles. The Morgan fingerprint density at radius 1 is 1.21 bits per heavy atom. The minimum absolute atomic E-state index is 0.0675. The number of fused-ring (bicyclic) bond motifs is 1. The van der Waals surface area contributed by atoms with Gasteiger partial charge in [0, 0.05) is 23.9 Å². The zero-order valence-electron chi connectivity index (χ0n) is 15.2. The molecular weight excluding hydrogens is 392 g/mol. The Balaban J connectivity index is 2.13. The van der Waals surface area contributed by atoms with Crippen LogP contribution in [-0.2, 0) is 10.9 Å². The maximum absolute atomic E-state index is 14.1. The number of thiol groups is 1. The lowest BCUT2D eigenvalue weighted by Gasteiger charge is -2.20. The Labute approximate surface area is 160 Å². The Hall–Kier alpha value is -3.08. The van der Waals surface area contributed by atoms with Crippen LogP contribution in [0.5, 0.6) is 0 Å². The van der Waals surface area contributed by atoms with Gasteiger partial charge in [-0.1, -0.05) is 0 Å². The van der Waals surface area contributed by atoms with Gasteiger partial charge < -0.3 is 5.32 Å². The summed E-state index contributed by atoms with van der Waals surface area (Å²) < 4.78 is 53.0. The molecule has 0 spiro atoms. The van der Waals surface area contributed by atoms with Crippen molar-refractivity contribution < 1.29 is 22.0 Å². The van der Waals surface area contributed by atoms with Gasteiger partial charge in [-0.3, -0.25) is 4.79 Å². The van der Waals surface area contributed by atoms with Crippen LogP contribution in [0.3, 0.4) is 0 Å². The first-order valence-corrected chi connectivity index (χ1v) is 9.26. The van der Waals surface area contributed by atoms with Gasteiger partial charge in [0.2, 0.25) is 10.9 Å². The van der Waals surface area contributed by atoms with E-state index in [4.69, 9.17) is 0 Å². The maximum Gasteiger partial charge on any atom is 0.257 e. The van der Waals surface area contributed by atoms with Gasteiger partial charge in [0.1, 0.15) is 17.2 Å². The molecule has 1 aromatic carbocycles. The first kappa shape index (κ1) is 19.7. The van der Waals surface area contributed by atoms with Crippen LogP contribution in [0, 0.1) is 11.6 Å². The highest BCUT2D eigenvalue weighted by Crippen LogP contribution is 2.28. The molecule has 3 aromatic rings. The van der Waals surface area contributed by atoms with Crippen LogP contribution in [0.15, 0.2) is 36.7 Å². The van der Waals surface area contributed by atoms with E-state index in [0.29, 0.717) is 4.31 Å². The van der Waals surface area contributed by atoms with E-state index in [0.717, 1.165) is 18.2 Å². The first-order valence-electron chi connectivity index (χ1n) is 8.13. The summed E-state index contributed by atoms with van der Waals surface area (Å²) in [7, 11) is -3.40. The zero-order chi connectivity index (χ0) is 20.6. The highest BCUT2D eigenvalue weighted by atomic mass is 32.2. The number of nitrogens with zero attached hydrogens (tertiary/aromatic N) is 4. The summed E-state index contributed by atoms with van der Waals surface area (Å²) in [6.45, 7) is 5.39. The van der Waals surface area contributed by atoms with Crippen molar-refractivity contribution >= 4 is 33.9 Å². The molecule has 2 heterocycles. The lowest BCUT2D eigenvalue weighted by Crippen LogP contribution is -2.40. The van der Waals surface area contributed by atoms with E-state index in [1.165, 1.54) is 23.0 Å². The molecule has 0 aliphatic rings. The fourth-order valence-corrected chi connectivity index (χ4v) is 3.10. The van der Waals surface area contributed by atoms with Gasteiger partial charge in [0.25, 0.3) is 5.91 Å². The monoisotopic (exact) mass is 409 g/mol. The van der Waals surface area contributed by atoms with E-state index < -0.39 is 39.7 Å². The molecule has 0 fully saturated rings. The molecule has 0 unspecified atom stereocenters. The number of anilines is 2. The first-order chi connectivity index (χ1) is 13.1. The van der Waals surface area contributed by atoms with Crippen LogP contribution in [0.4, 0.5) is 20.3 Å². The Bertz CT molecular complexity index is 1130. The topological polar surface area (TPSA) is 96.7 Å². The number of hydrogen-bond donors (Lipinski definition) is 2. The minimum atomic E-state index is -3.40. The molecule has 0 saturated carbocycles. The molecule has 2 aromatic heterocycles. The molecule has 0 bridgehead atoms. The molecule has 0 aliphatic carbocycles. The summed E-state index contributed by atoms with van der Waals surface area (Å²) in [5.74, 6) is -2.42. The van der Waals surface area contributed by atoms with Gasteiger partial charge in [-0.2, -0.15) is 5.10 Å². The number of carbonyl (C=O) groups is 1. The Morgan fingerprint density at radius 2 is 1.93 bits per heavy atom. The summed E-state index contributed by atoms with van der Waals surface area (Å²) in [4.78, 5) is 16.6. The van der Waals surface area contributed by atoms with Crippen molar-refractivity contribution in [1.82, 2.24) is 19.9 Å². The van der Waals surface area contributed by atoms with Crippen molar-refractivity contribution in [3.63, 3.8) is 0 Å². The molecule has 0 aliphatic heterocycles. The summed E-state index contributed by atoms with van der Waals surface area (Å²) in [5.41, 5.74) is -0.860. The predicted molar refractivity (Wildman–Crippen MR) is 99.0 cm³/mol. The summed E-state index contributed by atoms with van der Waals surface area (Å²) >= 11 is 0. The molecule has 8 nitrogen and oxygen atoms in total. The third-order valence-corrected chi connectivity index (χ3v) is 4.35. The second-order valence-corrected chi connectivity index (χ2v) is 7.84. The van der Waals surface area contributed by atoms with Crippen LogP contribution in [-0.4, -0.2) is 34.5 Å². The van der Waals surface area contributed by atoms with Gasteiger partial charge in [0.05, 0.1) is 11.9 Å². The third-order valence-electron chi connectivity index (χ3n) is 3.60. The molecule has 1 N–H and O–H groups in total. The van der Waals surface area contributed by atoms with Gasteiger partial charge in [-0.05, 0) is 32.9 Å². The smallest absolute Gasteiger partial charge is 0.257 e. The Kier molecular flexibility index (Phi) is 5.02. The molecule has 11 heteroatoms. The van der Waals surface area contributed by atoms with Crippen molar-refractivity contribution in [2.45, 2.75) is 26.3 Å². The summed E-state index contributed by atoms with van der Waals surface area (Å²) in [6, 6.07) is 3.70. The van der Waals surface area contributed by atoms with Crippen LogP contribution < -0.4 is 9.62 Å². The Morgan fingerprint density at radius 3 is 2.57 bits per heavy atom. The van der Waals surface area contributed by atoms with Crippen molar-refractivity contribution in [3.05, 3.63) is 53.9 Å². The van der Waals surface area contributed by atoms with Crippen LogP contribution >= 0.6 is 0 Å². The number of halogens is 2. The number of aromatic nitrogens is 3. The highest BCUT2D eigenvalue weighted by Gasteiger charge is 2.23. The molecule has 3 rings (SSSR count). The van der Waals surface area contributed by atoms with E-state index in [2.05, 4.69) is 15.4 Å². The van der Waals surface area contributed by atoms with Gasteiger partial charge >= 0.3 is 0 Å². The standard InChI is InChI=1S/C17H17F2N5O3S/c1-17(2,3)22-16(25)11-9-20-23-7-6-14(21-15(11)23)24(28(26)27)13-8-10(18)4-5-12(13)19/h4-9,28H,1-3H3,(H,22,25). The molecule has 148 valence electrons. The largest absolute Gasteiger partial charge is 0.347 e. The van der Waals surface area contributed by atoms with Gasteiger partial charge in [-0.15, -0.1) is 0 Å². The number of amides is 1. The van der Waals surface area contributed by atoms with Crippen LogP contribution in [0.25, 0.3) is 5.65 Å². The van der Waals surface area contributed by atoms with Gasteiger partial charge in [-0.25, -0.2) is 31.0 Å².